The molecule has 0 bridgehead atoms. The summed E-state index contributed by atoms with van der Waals surface area (Å²) in [6, 6.07) is 19.9. The maximum Gasteiger partial charge on any atom is 0.335 e. The van der Waals surface area contributed by atoms with Crippen LogP contribution in [0.15, 0.2) is 60.7 Å². The van der Waals surface area contributed by atoms with E-state index in [1.54, 1.807) is 19.2 Å². The molecule has 184 valence electrons. The summed E-state index contributed by atoms with van der Waals surface area (Å²) in [6.07, 6.45) is 2.48. The van der Waals surface area contributed by atoms with E-state index in [1.165, 1.54) is 24.1 Å². The molecule has 0 aromatic heterocycles. The van der Waals surface area contributed by atoms with Crippen LogP contribution in [0.1, 0.15) is 49.5 Å². The summed E-state index contributed by atoms with van der Waals surface area (Å²) in [6.45, 7) is 9.99. The molecule has 0 saturated carbocycles. The van der Waals surface area contributed by atoms with Crippen LogP contribution in [-0.4, -0.2) is 44.5 Å². The Morgan fingerprint density at radius 1 is 0.886 bits per heavy atom. The van der Waals surface area contributed by atoms with Gasteiger partial charge in [0.2, 0.25) is 0 Å². The van der Waals surface area contributed by atoms with Crippen LogP contribution in [0.25, 0.3) is 22.3 Å². The monoisotopic (exact) mass is 473 g/mol. The molecule has 3 aromatic carbocycles. The molecular weight excluding hydrogens is 438 g/mol. The first-order valence-corrected chi connectivity index (χ1v) is 12.3. The van der Waals surface area contributed by atoms with E-state index in [-0.39, 0.29) is 11.0 Å². The Morgan fingerprint density at radius 3 is 2.17 bits per heavy atom. The summed E-state index contributed by atoms with van der Waals surface area (Å²) in [5, 5.41) is 9.24. The minimum atomic E-state index is -0.924. The number of hydrogen-bond acceptors (Lipinski definition) is 4. The van der Waals surface area contributed by atoms with Gasteiger partial charge in [0, 0.05) is 31.5 Å². The summed E-state index contributed by atoms with van der Waals surface area (Å²) in [5.74, 6) is -0.117. The fourth-order valence-electron chi connectivity index (χ4n) is 4.64. The van der Waals surface area contributed by atoms with Gasteiger partial charge in [-0.1, -0.05) is 45.0 Å². The number of nitrogens with zero attached hydrogens (tertiary/aromatic N) is 1. The predicted molar refractivity (Wildman–Crippen MR) is 142 cm³/mol. The van der Waals surface area contributed by atoms with Gasteiger partial charge in [-0.15, -0.1) is 0 Å². The van der Waals surface area contributed by atoms with Crippen molar-refractivity contribution in [1.29, 1.82) is 0 Å². The molecule has 1 aliphatic rings. The second-order valence-electron chi connectivity index (χ2n) is 10.1. The second kappa shape index (κ2) is 10.5. The first-order chi connectivity index (χ1) is 16.8. The largest absolute Gasteiger partial charge is 0.491 e. The molecule has 0 radical (unpaired) electrons. The summed E-state index contributed by atoms with van der Waals surface area (Å²) in [4.78, 5) is 13.8. The normalized spacial score (nSPS) is 13.8. The number of carboxylic acids is 1. The molecule has 4 rings (SSSR count). The Bertz CT molecular complexity index is 1170. The highest BCUT2D eigenvalue weighted by Crippen LogP contribution is 2.40. The minimum Gasteiger partial charge on any atom is -0.491 e. The maximum absolute atomic E-state index is 11.3. The molecule has 0 spiro atoms. The zero-order valence-corrected chi connectivity index (χ0v) is 21.1. The van der Waals surface area contributed by atoms with Gasteiger partial charge in [0.05, 0.1) is 12.2 Å². The van der Waals surface area contributed by atoms with Crippen molar-refractivity contribution in [2.24, 2.45) is 0 Å². The van der Waals surface area contributed by atoms with E-state index < -0.39 is 5.97 Å². The van der Waals surface area contributed by atoms with Gasteiger partial charge >= 0.3 is 5.97 Å². The number of carboxylic acid groups (broad SMARTS) is 1. The lowest BCUT2D eigenvalue weighted by atomic mass is 9.83. The highest BCUT2D eigenvalue weighted by molar-refractivity contribution is 5.88. The molecule has 5 heteroatoms. The van der Waals surface area contributed by atoms with E-state index in [1.807, 2.05) is 24.3 Å². The van der Waals surface area contributed by atoms with Crippen molar-refractivity contribution >= 4 is 11.7 Å². The Kier molecular flexibility index (Phi) is 7.46. The minimum absolute atomic E-state index is 0.00468. The fourth-order valence-corrected chi connectivity index (χ4v) is 4.64. The summed E-state index contributed by atoms with van der Waals surface area (Å²) >= 11 is 0. The third-order valence-electron chi connectivity index (χ3n) is 6.55. The lowest BCUT2D eigenvalue weighted by Crippen LogP contribution is -2.23. The Labute approximate surface area is 208 Å². The van der Waals surface area contributed by atoms with Gasteiger partial charge in [-0.25, -0.2) is 4.79 Å². The summed E-state index contributed by atoms with van der Waals surface area (Å²) < 4.78 is 11.3. The van der Waals surface area contributed by atoms with Crippen molar-refractivity contribution < 1.29 is 19.4 Å². The van der Waals surface area contributed by atoms with Crippen molar-refractivity contribution in [3.8, 4) is 28.0 Å². The van der Waals surface area contributed by atoms with Gasteiger partial charge in [0.25, 0.3) is 0 Å². The van der Waals surface area contributed by atoms with Gasteiger partial charge in [0.15, 0.2) is 0 Å². The Hall–Kier alpha value is -3.31. The van der Waals surface area contributed by atoms with E-state index in [2.05, 4.69) is 49.9 Å². The fraction of sp³-hybridized carbons (Fsp3) is 0.367. The molecule has 0 unspecified atom stereocenters. The molecule has 1 N–H and O–H groups in total. The first-order valence-electron chi connectivity index (χ1n) is 12.3. The maximum atomic E-state index is 11.3. The Morgan fingerprint density at radius 2 is 1.54 bits per heavy atom. The van der Waals surface area contributed by atoms with E-state index in [4.69, 9.17) is 9.47 Å². The zero-order chi connectivity index (χ0) is 25.0. The first kappa shape index (κ1) is 24.8. The highest BCUT2D eigenvalue weighted by Gasteiger charge is 2.24. The van der Waals surface area contributed by atoms with Crippen LogP contribution in [0.2, 0.25) is 0 Å². The number of hydrogen-bond donors (Lipinski definition) is 1. The number of methoxy groups -OCH3 is 1. The molecular formula is C30H35NO4. The van der Waals surface area contributed by atoms with Crippen LogP contribution in [0.4, 0.5) is 5.69 Å². The molecule has 1 fully saturated rings. The predicted octanol–water partition coefficient (Wildman–Crippen LogP) is 6.64. The number of benzene rings is 3. The molecule has 0 amide bonds. The number of rotatable bonds is 8. The van der Waals surface area contributed by atoms with E-state index >= 15 is 0 Å². The number of ether oxygens (including phenoxy) is 2. The van der Waals surface area contributed by atoms with E-state index in [0.717, 1.165) is 41.1 Å². The molecule has 1 aliphatic heterocycles. The summed E-state index contributed by atoms with van der Waals surface area (Å²) in [5.41, 5.74) is 7.02. The van der Waals surface area contributed by atoms with E-state index in [9.17, 15) is 9.90 Å². The Balaban J connectivity index is 1.79. The zero-order valence-electron chi connectivity index (χ0n) is 21.1. The average molecular weight is 474 g/mol. The summed E-state index contributed by atoms with van der Waals surface area (Å²) in [7, 11) is 1.67. The van der Waals surface area contributed by atoms with Crippen LogP contribution >= 0.6 is 0 Å². The SMILES string of the molecule is COCCOc1ccc(-c2ccc(C(=O)O)cc2)cc1-c1ccc(N2CCCC2)c(C(C)(C)C)c1. The molecule has 35 heavy (non-hydrogen) atoms. The molecule has 0 aliphatic carbocycles. The lowest BCUT2D eigenvalue weighted by molar-refractivity contribution is 0.0697. The molecule has 0 atom stereocenters. The number of aromatic carboxylic acids is 1. The van der Waals surface area contributed by atoms with Crippen molar-refractivity contribution in [1.82, 2.24) is 0 Å². The standard InChI is InChI=1S/C30H35NO4/c1-30(2,3)26-20-24(11-13-27(26)31-15-5-6-16-31)25-19-23(12-14-28(25)35-18-17-34-4)21-7-9-22(10-8-21)29(32)33/h7-14,19-20H,5-6,15-18H2,1-4H3,(H,32,33). The van der Waals surface area contributed by atoms with Crippen LogP contribution < -0.4 is 9.64 Å². The van der Waals surface area contributed by atoms with Gasteiger partial charge < -0.3 is 19.5 Å². The topological polar surface area (TPSA) is 59.0 Å². The lowest BCUT2D eigenvalue weighted by Gasteiger charge is -2.29. The van der Waals surface area contributed by atoms with Crippen molar-refractivity contribution in [3.05, 3.63) is 71.8 Å². The van der Waals surface area contributed by atoms with E-state index in [0.29, 0.717) is 13.2 Å². The quantitative estimate of drug-likeness (QED) is 0.372. The van der Waals surface area contributed by atoms with Crippen LogP contribution in [0.3, 0.4) is 0 Å². The molecule has 5 nitrogen and oxygen atoms in total. The van der Waals surface area contributed by atoms with Gasteiger partial charge in [0.1, 0.15) is 12.4 Å². The van der Waals surface area contributed by atoms with Gasteiger partial charge in [-0.3, -0.25) is 0 Å². The third-order valence-corrected chi connectivity index (χ3v) is 6.55. The van der Waals surface area contributed by atoms with Crippen LogP contribution in [0.5, 0.6) is 5.75 Å². The highest BCUT2D eigenvalue weighted by atomic mass is 16.5. The third kappa shape index (κ3) is 5.68. The second-order valence-corrected chi connectivity index (χ2v) is 10.1. The van der Waals surface area contributed by atoms with Gasteiger partial charge in [-0.2, -0.15) is 0 Å². The molecule has 1 heterocycles. The van der Waals surface area contributed by atoms with Crippen LogP contribution in [0, 0.1) is 0 Å². The van der Waals surface area contributed by atoms with Crippen molar-refractivity contribution in [2.75, 3.05) is 38.3 Å². The number of anilines is 1. The van der Waals surface area contributed by atoms with Gasteiger partial charge in [-0.05, 0) is 76.9 Å². The van der Waals surface area contributed by atoms with Crippen molar-refractivity contribution in [2.45, 2.75) is 39.0 Å². The molecule has 3 aromatic rings. The average Bonchev–Trinajstić information content (AvgIpc) is 3.38. The smallest absolute Gasteiger partial charge is 0.335 e. The number of carbonyl (C=O) groups is 1. The van der Waals surface area contributed by atoms with Crippen molar-refractivity contribution in [3.63, 3.8) is 0 Å². The molecule has 1 saturated heterocycles. The van der Waals surface area contributed by atoms with Crippen LogP contribution in [-0.2, 0) is 10.2 Å².